The molecule has 176 valence electrons. The number of hydrogen-bond acceptors (Lipinski definition) is 12. The van der Waals surface area contributed by atoms with E-state index in [4.69, 9.17) is 15.0 Å². The molecule has 0 bridgehead atoms. The molecule has 2 aromatic heterocycles. The third kappa shape index (κ3) is 5.82. The number of nitrogens with zero attached hydrogens (tertiary/aromatic N) is 7. The molecule has 4 heterocycles. The van der Waals surface area contributed by atoms with Gasteiger partial charge < -0.3 is 20.0 Å². The van der Waals surface area contributed by atoms with E-state index in [1.54, 1.807) is 22.7 Å². The molecule has 0 aromatic carbocycles. The van der Waals surface area contributed by atoms with Crippen LogP contribution in [0.3, 0.4) is 0 Å². The fourth-order valence-corrected chi connectivity index (χ4v) is 4.54. The fourth-order valence-electron chi connectivity index (χ4n) is 3.31. The number of guanidine groups is 4. The Morgan fingerprint density at radius 3 is 2.24 bits per heavy atom. The lowest BCUT2D eigenvalue weighted by Gasteiger charge is -2.32. The van der Waals surface area contributed by atoms with Crippen molar-refractivity contribution in [3.05, 3.63) is 33.7 Å². The monoisotopic (exact) mass is 486 g/mol. The van der Waals surface area contributed by atoms with Crippen molar-refractivity contribution in [3.63, 3.8) is 0 Å². The molecule has 0 spiro atoms. The summed E-state index contributed by atoms with van der Waals surface area (Å²) in [5.74, 6) is 3.05. The summed E-state index contributed by atoms with van der Waals surface area (Å²) >= 11 is 3.30. The van der Waals surface area contributed by atoms with Gasteiger partial charge in [0.15, 0.2) is 0 Å². The summed E-state index contributed by atoms with van der Waals surface area (Å²) in [6.07, 6.45) is 0.332. The Kier molecular flexibility index (Phi) is 7.14. The molecular weight excluding hydrogens is 456 g/mol. The number of hydrogen-bond donors (Lipinski definition) is 3. The lowest BCUT2D eigenvalue weighted by molar-refractivity contribution is 0.559. The van der Waals surface area contributed by atoms with Gasteiger partial charge in [-0.2, -0.15) is 22.7 Å². The third-order valence-corrected chi connectivity index (χ3v) is 6.29. The van der Waals surface area contributed by atoms with Crippen LogP contribution < -0.4 is 20.9 Å². The summed E-state index contributed by atoms with van der Waals surface area (Å²) in [5.41, 5.74) is 2.10. The average molecular weight is 487 g/mol. The average Bonchev–Trinajstić information content (AvgIpc) is 3.48. The van der Waals surface area contributed by atoms with Crippen molar-refractivity contribution in [2.75, 3.05) is 45.0 Å². The molecule has 3 N–H and O–H groups in total. The molecule has 2 unspecified atom stereocenters. The van der Waals surface area contributed by atoms with Gasteiger partial charge in [-0.1, -0.05) is 0 Å². The maximum Gasteiger partial charge on any atom is 0.207 e. The molecule has 2 aromatic rings. The summed E-state index contributed by atoms with van der Waals surface area (Å²) in [4.78, 5) is 25.1. The van der Waals surface area contributed by atoms with E-state index in [9.17, 15) is 0 Å². The summed E-state index contributed by atoms with van der Waals surface area (Å²) < 4.78 is 0. The first-order valence-electron chi connectivity index (χ1n) is 10.7. The molecule has 0 saturated heterocycles. The second kappa shape index (κ2) is 10.2. The number of thiophene rings is 2. The van der Waals surface area contributed by atoms with Crippen molar-refractivity contribution in [1.82, 2.24) is 20.4 Å². The zero-order valence-electron chi connectivity index (χ0n) is 19.5. The predicted molar refractivity (Wildman–Crippen MR) is 141 cm³/mol. The van der Waals surface area contributed by atoms with E-state index in [0.717, 1.165) is 29.3 Å². The number of anilines is 2. The topological polar surface area (TPSA) is 95.2 Å². The van der Waals surface area contributed by atoms with E-state index in [2.05, 4.69) is 48.0 Å². The maximum absolute atomic E-state index is 4.81. The van der Waals surface area contributed by atoms with Gasteiger partial charge in [0.1, 0.15) is 12.3 Å². The molecule has 0 aliphatic carbocycles. The van der Waals surface area contributed by atoms with Gasteiger partial charge >= 0.3 is 0 Å². The fraction of sp³-hybridized carbons (Fsp3) is 0.429. The SMILES string of the molecule is CC1N=C(N(C)C)NC(N(CCC2N=C(Nc3ccsc3)NC(N(C)C)=N2)c2ccsc2)=N1. The van der Waals surface area contributed by atoms with E-state index in [0.29, 0.717) is 18.9 Å². The predicted octanol–water partition coefficient (Wildman–Crippen LogP) is 2.54. The zero-order valence-corrected chi connectivity index (χ0v) is 21.1. The first-order chi connectivity index (χ1) is 15.9. The Labute approximate surface area is 202 Å². The van der Waals surface area contributed by atoms with Gasteiger partial charge in [0.05, 0.1) is 11.4 Å². The van der Waals surface area contributed by atoms with Crippen LogP contribution in [0.1, 0.15) is 13.3 Å². The van der Waals surface area contributed by atoms with E-state index in [1.807, 2.05) is 56.4 Å². The minimum Gasteiger partial charge on any atom is -0.349 e. The highest BCUT2D eigenvalue weighted by molar-refractivity contribution is 7.08. The van der Waals surface area contributed by atoms with Crippen LogP contribution in [0.5, 0.6) is 0 Å². The molecule has 0 saturated carbocycles. The van der Waals surface area contributed by atoms with Crippen LogP contribution in [0.2, 0.25) is 0 Å². The molecule has 4 rings (SSSR count). The van der Waals surface area contributed by atoms with E-state index in [1.165, 1.54) is 0 Å². The van der Waals surface area contributed by atoms with Crippen molar-refractivity contribution in [2.24, 2.45) is 20.0 Å². The standard InChI is InChI=1S/C21H30N10S2/c1-14-22-19(29(2)3)28-21(23-14)31(16-8-11-33-13-16)9-6-17-25-18(24-15-7-10-32-12-15)27-20(26-17)30(4)5/h7-8,10-14,17H,6,9H2,1-5H3,(H,22,23,28)(H2,24,25,26,27). The van der Waals surface area contributed by atoms with Crippen molar-refractivity contribution in [1.29, 1.82) is 0 Å². The van der Waals surface area contributed by atoms with Crippen LogP contribution in [0.15, 0.2) is 53.6 Å². The molecular formula is C21H30N10S2. The van der Waals surface area contributed by atoms with Crippen molar-refractivity contribution in [3.8, 4) is 0 Å². The normalized spacial score (nSPS) is 19.9. The Hall–Kier alpha value is -3.12. The first kappa shape index (κ1) is 23.1. The number of rotatable bonds is 5. The zero-order chi connectivity index (χ0) is 23.4. The van der Waals surface area contributed by atoms with Gasteiger partial charge in [-0.3, -0.25) is 10.6 Å². The lowest BCUT2D eigenvalue weighted by atomic mass is 10.3. The van der Waals surface area contributed by atoms with Crippen LogP contribution in [0, 0.1) is 0 Å². The van der Waals surface area contributed by atoms with Crippen molar-refractivity contribution >= 4 is 57.9 Å². The van der Waals surface area contributed by atoms with Crippen LogP contribution in [-0.4, -0.2) is 80.7 Å². The third-order valence-electron chi connectivity index (χ3n) is 4.94. The number of aliphatic imine (C=N–C) groups is 4. The quantitative estimate of drug-likeness (QED) is 0.601. The molecule has 2 aliphatic rings. The number of nitrogens with one attached hydrogen (secondary N) is 3. The second-order valence-electron chi connectivity index (χ2n) is 8.05. The molecule has 0 radical (unpaired) electrons. The highest BCUT2D eigenvalue weighted by Gasteiger charge is 2.24. The lowest BCUT2D eigenvalue weighted by Crippen LogP contribution is -2.52. The molecule has 10 nitrogen and oxygen atoms in total. The minimum absolute atomic E-state index is 0.156. The smallest absolute Gasteiger partial charge is 0.207 e. The summed E-state index contributed by atoms with van der Waals surface area (Å²) in [6, 6.07) is 4.13. The maximum atomic E-state index is 4.81. The van der Waals surface area contributed by atoms with Gasteiger partial charge in [0.2, 0.25) is 23.8 Å². The van der Waals surface area contributed by atoms with Crippen LogP contribution in [0.25, 0.3) is 0 Å². The van der Waals surface area contributed by atoms with Gasteiger partial charge in [0, 0.05) is 51.9 Å². The Morgan fingerprint density at radius 1 is 0.879 bits per heavy atom. The van der Waals surface area contributed by atoms with E-state index < -0.39 is 0 Å². The van der Waals surface area contributed by atoms with Gasteiger partial charge in [-0.25, -0.2) is 20.0 Å². The van der Waals surface area contributed by atoms with E-state index >= 15 is 0 Å². The van der Waals surface area contributed by atoms with Gasteiger partial charge in [0.25, 0.3) is 0 Å². The van der Waals surface area contributed by atoms with Gasteiger partial charge in [-0.15, -0.1) is 0 Å². The first-order valence-corrected chi connectivity index (χ1v) is 12.6. The van der Waals surface area contributed by atoms with Crippen LogP contribution in [-0.2, 0) is 0 Å². The molecule has 2 aliphatic heterocycles. The van der Waals surface area contributed by atoms with Crippen molar-refractivity contribution < 1.29 is 0 Å². The summed E-state index contributed by atoms with van der Waals surface area (Å²) in [5, 5.41) is 18.3. The van der Waals surface area contributed by atoms with E-state index in [-0.39, 0.29) is 12.3 Å². The molecule has 33 heavy (non-hydrogen) atoms. The molecule has 0 fully saturated rings. The Balaban J connectivity index is 1.53. The van der Waals surface area contributed by atoms with Crippen molar-refractivity contribution in [2.45, 2.75) is 25.7 Å². The summed E-state index contributed by atoms with van der Waals surface area (Å²) in [7, 11) is 7.88. The van der Waals surface area contributed by atoms with Crippen LogP contribution >= 0.6 is 22.7 Å². The second-order valence-corrected chi connectivity index (χ2v) is 9.61. The summed E-state index contributed by atoms with van der Waals surface area (Å²) in [6.45, 7) is 2.68. The van der Waals surface area contributed by atoms with Crippen LogP contribution in [0.4, 0.5) is 11.4 Å². The molecule has 2 atom stereocenters. The highest BCUT2D eigenvalue weighted by atomic mass is 32.1. The molecule has 0 amide bonds. The van der Waals surface area contributed by atoms with Gasteiger partial charge in [-0.05, 0) is 29.8 Å². The minimum atomic E-state index is -0.227. The largest absolute Gasteiger partial charge is 0.349 e. The Bertz CT molecular complexity index is 1040. The highest BCUT2D eigenvalue weighted by Crippen LogP contribution is 2.21. The molecule has 12 heteroatoms. The Morgan fingerprint density at radius 2 is 1.58 bits per heavy atom.